The van der Waals surface area contributed by atoms with E-state index in [1.807, 2.05) is 26.5 Å². The summed E-state index contributed by atoms with van der Waals surface area (Å²) in [7, 11) is 2.04. The smallest absolute Gasteiger partial charge is 0.129 e. The fourth-order valence-electron chi connectivity index (χ4n) is 5.81. The SMILES string of the molecule is Cc1nc(SN2CCC3(CC2)CC(C2c4ccccc4-c4cncn42)C3O)cn1C. The van der Waals surface area contributed by atoms with Gasteiger partial charge < -0.3 is 14.2 Å². The summed E-state index contributed by atoms with van der Waals surface area (Å²) in [6, 6.07) is 8.82. The van der Waals surface area contributed by atoms with Gasteiger partial charge in [-0.2, -0.15) is 0 Å². The van der Waals surface area contributed by atoms with E-state index in [1.54, 1.807) is 11.9 Å². The largest absolute Gasteiger partial charge is 0.392 e. The van der Waals surface area contributed by atoms with Gasteiger partial charge in [0.25, 0.3) is 0 Å². The number of aryl methyl sites for hydroxylation is 2. The summed E-state index contributed by atoms with van der Waals surface area (Å²) >= 11 is 1.75. The maximum atomic E-state index is 11.4. The van der Waals surface area contributed by atoms with Crippen LogP contribution in [0.1, 0.15) is 36.7 Å². The summed E-state index contributed by atoms with van der Waals surface area (Å²) in [5, 5.41) is 12.4. The van der Waals surface area contributed by atoms with Gasteiger partial charge in [0, 0.05) is 37.8 Å². The van der Waals surface area contributed by atoms with Crippen molar-refractivity contribution in [3.05, 3.63) is 54.4 Å². The van der Waals surface area contributed by atoms with E-state index >= 15 is 0 Å². The molecule has 1 saturated heterocycles. The maximum Gasteiger partial charge on any atom is 0.129 e. The number of aliphatic hydroxyl groups excluding tert-OH is 1. The third-order valence-electron chi connectivity index (χ3n) is 7.63. The van der Waals surface area contributed by atoms with Crippen molar-refractivity contribution in [2.24, 2.45) is 18.4 Å². The average molecular weight is 422 g/mol. The molecule has 2 aliphatic heterocycles. The maximum absolute atomic E-state index is 11.4. The molecule has 1 aliphatic carbocycles. The molecule has 0 bridgehead atoms. The second kappa shape index (κ2) is 6.70. The van der Waals surface area contributed by atoms with Crippen LogP contribution in [0.5, 0.6) is 0 Å². The van der Waals surface area contributed by atoms with Crippen LogP contribution in [0.3, 0.4) is 0 Å². The fraction of sp³-hybridized carbons (Fsp3) is 0.478. The second-order valence-corrected chi connectivity index (χ2v) is 10.3. The van der Waals surface area contributed by atoms with Gasteiger partial charge in [0.1, 0.15) is 10.9 Å². The van der Waals surface area contributed by atoms with Gasteiger partial charge in [-0.3, -0.25) is 0 Å². The number of hydrogen-bond donors (Lipinski definition) is 1. The molecule has 1 aromatic carbocycles. The number of benzene rings is 1. The minimum absolute atomic E-state index is 0.0695. The lowest BCUT2D eigenvalue weighted by Crippen LogP contribution is -2.58. The van der Waals surface area contributed by atoms with E-state index in [2.05, 4.69) is 53.9 Å². The summed E-state index contributed by atoms with van der Waals surface area (Å²) in [5.41, 5.74) is 3.86. The molecular formula is C23H27N5OS. The van der Waals surface area contributed by atoms with Gasteiger partial charge in [-0.05, 0) is 49.1 Å². The predicted octanol–water partition coefficient (Wildman–Crippen LogP) is 3.67. The molecule has 3 atom stereocenters. The van der Waals surface area contributed by atoms with Crippen molar-refractivity contribution in [3.63, 3.8) is 0 Å². The Labute approximate surface area is 181 Å². The number of nitrogens with zero attached hydrogens (tertiary/aromatic N) is 5. The standard InChI is InChI=1S/C23H27N5OS/c1-15-25-20(13-26(15)2)30-27-9-7-23(8-10-27)11-18(22(23)29)21-17-6-4-3-5-16(17)19-12-24-14-28(19)21/h3-6,12-14,18,21-22,29H,7-11H2,1-2H3. The van der Waals surface area contributed by atoms with Gasteiger partial charge in [-0.1, -0.05) is 24.3 Å². The minimum Gasteiger partial charge on any atom is -0.392 e. The van der Waals surface area contributed by atoms with Crippen molar-refractivity contribution in [1.29, 1.82) is 0 Å². The summed E-state index contributed by atoms with van der Waals surface area (Å²) in [6.45, 7) is 4.04. The number of fused-ring (bicyclic) bond motifs is 3. The van der Waals surface area contributed by atoms with Crippen LogP contribution in [0, 0.1) is 18.3 Å². The number of hydrogen-bond acceptors (Lipinski definition) is 5. The lowest BCUT2D eigenvalue weighted by Gasteiger charge is -2.57. The third-order valence-corrected chi connectivity index (χ3v) is 8.64. The van der Waals surface area contributed by atoms with Gasteiger partial charge in [-0.15, -0.1) is 0 Å². The molecule has 4 heterocycles. The summed E-state index contributed by atoms with van der Waals surface area (Å²) in [5.74, 6) is 1.30. The molecule has 156 valence electrons. The van der Waals surface area contributed by atoms with Gasteiger partial charge in [0.05, 0.1) is 30.4 Å². The molecule has 3 aliphatic rings. The number of aromatic nitrogens is 4. The lowest BCUT2D eigenvalue weighted by molar-refractivity contribution is -0.152. The highest BCUT2D eigenvalue weighted by molar-refractivity contribution is 7.97. The third kappa shape index (κ3) is 2.65. The van der Waals surface area contributed by atoms with E-state index in [0.29, 0.717) is 0 Å². The highest BCUT2D eigenvalue weighted by Gasteiger charge is 2.57. The Morgan fingerprint density at radius 1 is 1.20 bits per heavy atom. The molecule has 6 nitrogen and oxygen atoms in total. The van der Waals surface area contributed by atoms with Gasteiger partial charge >= 0.3 is 0 Å². The Balaban J connectivity index is 1.16. The molecule has 3 aromatic rings. The zero-order valence-electron chi connectivity index (χ0n) is 17.4. The molecule has 2 fully saturated rings. The predicted molar refractivity (Wildman–Crippen MR) is 117 cm³/mol. The Morgan fingerprint density at radius 2 is 2.00 bits per heavy atom. The van der Waals surface area contributed by atoms with Crippen LogP contribution in [0.4, 0.5) is 0 Å². The average Bonchev–Trinajstić information content (AvgIpc) is 3.42. The Morgan fingerprint density at radius 3 is 2.73 bits per heavy atom. The summed E-state index contributed by atoms with van der Waals surface area (Å²) in [6.07, 6.45) is 8.92. The van der Waals surface area contributed by atoms with Crippen LogP contribution in [-0.4, -0.2) is 47.7 Å². The highest BCUT2D eigenvalue weighted by Crippen LogP contribution is 2.59. The van der Waals surface area contributed by atoms with Crippen molar-refractivity contribution >= 4 is 11.9 Å². The quantitative estimate of drug-likeness (QED) is 0.654. The molecule has 1 spiro atoms. The molecule has 6 rings (SSSR count). The monoisotopic (exact) mass is 421 g/mol. The fourth-order valence-corrected chi connectivity index (χ4v) is 6.82. The van der Waals surface area contributed by atoms with Crippen LogP contribution in [0.2, 0.25) is 0 Å². The summed E-state index contributed by atoms with van der Waals surface area (Å²) < 4.78 is 6.75. The Bertz CT molecular complexity index is 1080. The normalized spacial score (nSPS) is 27.1. The molecule has 0 radical (unpaired) electrons. The van der Waals surface area contributed by atoms with Gasteiger partial charge in [0.2, 0.25) is 0 Å². The number of rotatable bonds is 3. The van der Waals surface area contributed by atoms with E-state index in [1.165, 1.54) is 16.8 Å². The van der Waals surface area contributed by atoms with E-state index in [0.717, 1.165) is 43.2 Å². The molecular weight excluding hydrogens is 394 g/mol. The van der Waals surface area contributed by atoms with Crippen molar-refractivity contribution < 1.29 is 5.11 Å². The first-order chi connectivity index (χ1) is 14.6. The molecule has 1 N–H and O–H groups in total. The van der Waals surface area contributed by atoms with Crippen LogP contribution >= 0.6 is 11.9 Å². The Kier molecular flexibility index (Phi) is 4.17. The zero-order chi connectivity index (χ0) is 20.5. The minimum atomic E-state index is -0.256. The van der Waals surface area contributed by atoms with Crippen LogP contribution < -0.4 is 0 Å². The first-order valence-electron chi connectivity index (χ1n) is 10.8. The van der Waals surface area contributed by atoms with E-state index < -0.39 is 0 Å². The first-order valence-corrected chi connectivity index (χ1v) is 11.6. The number of piperidine rings is 1. The molecule has 7 heteroatoms. The van der Waals surface area contributed by atoms with Crippen LogP contribution in [0.15, 0.2) is 48.0 Å². The van der Waals surface area contributed by atoms with Crippen molar-refractivity contribution in [1.82, 2.24) is 23.4 Å². The second-order valence-electron chi connectivity index (χ2n) is 9.15. The topological polar surface area (TPSA) is 59.1 Å². The first kappa shape index (κ1) is 18.7. The van der Waals surface area contributed by atoms with E-state index in [4.69, 9.17) is 0 Å². The van der Waals surface area contributed by atoms with Gasteiger partial charge in [-0.25, -0.2) is 14.3 Å². The Hall–Kier alpha value is -2.09. The lowest BCUT2D eigenvalue weighted by atomic mass is 9.53. The van der Waals surface area contributed by atoms with E-state index in [9.17, 15) is 5.11 Å². The van der Waals surface area contributed by atoms with E-state index in [-0.39, 0.29) is 23.5 Å². The van der Waals surface area contributed by atoms with Crippen molar-refractivity contribution in [3.8, 4) is 11.3 Å². The molecule has 3 unspecified atom stereocenters. The molecule has 0 amide bonds. The van der Waals surface area contributed by atoms with Crippen molar-refractivity contribution in [2.45, 2.75) is 43.4 Å². The van der Waals surface area contributed by atoms with Crippen LogP contribution in [0.25, 0.3) is 11.3 Å². The van der Waals surface area contributed by atoms with Crippen molar-refractivity contribution in [2.75, 3.05) is 13.1 Å². The zero-order valence-corrected chi connectivity index (χ0v) is 18.2. The molecule has 2 aromatic heterocycles. The molecule has 1 saturated carbocycles. The van der Waals surface area contributed by atoms with Gasteiger partial charge in [0.15, 0.2) is 0 Å². The summed E-state index contributed by atoms with van der Waals surface area (Å²) in [4.78, 5) is 9.00. The number of imidazole rings is 2. The number of aliphatic hydroxyl groups is 1. The highest BCUT2D eigenvalue weighted by atomic mass is 32.2. The molecule has 30 heavy (non-hydrogen) atoms. The van der Waals surface area contributed by atoms with Crippen LogP contribution in [-0.2, 0) is 7.05 Å².